The molecule has 3 atom stereocenters. The zero-order valence-electron chi connectivity index (χ0n) is 15.2. The fourth-order valence-electron chi connectivity index (χ4n) is 2.16. The van der Waals surface area contributed by atoms with E-state index in [1.807, 2.05) is 6.26 Å². The Morgan fingerprint density at radius 1 is 1.27 bits per heavy atom. The largest absolute Gasteiger partial charge is 0.480 e. The van der Waals surface area contributed by atoms with Crippen molar-refractivity contribution in [1.29, 1.82) is 0 Å². The number of amides is 2. The third-order valence-electron chi connectivity index (χ3n) is 3.86. The molecule has 1 aromatic rings. The third-order valence-corrected chi connectivity index (χ3v) is 4.50. The van der Waals surface area contributed by atoms with Gasteiger partial charge in [0.2, 0.25) is 11.8 Å². The molecule has 10 heteroatoms. The molecule has 0 saturated carbocycles. The molecule has 2 amide bonds. The van der Waals surface area contributed by atoms with Crippen molar-refractivity contribution < 1.29 is 19.5 Å². The van der Waals surface area contributed by atoms with E-state index in [9.17, 15) is 19.5 Å². The monoisotopic (exact) mass is 385 g/mol. The van der Waals surface area contributed by atoms with E-state index in [1.165, 1.54) is 24.3 Å². The summed E-state index contributed by atoms with van der Waals surface area (Å²) in [4.78, 5) is 43.0. The molecule has 1 aromatic heterocycles. The highest BCUT2D eigenvalue weighted by molar-refractivity contribution is 7.98. The van der Waals surface area contributed by atoms with Crippen LogP contribution in [0.5, 0.6) is 0 Å². The first-order chi connectivity index (χ1) is 12.3. The lowest BCUT2D eigenvalue weighted by Crippen LogP contribution is -2.56. The molecule has 0 radical (unpaired) electrons. The predicted octanol–water partition coefficient (Wildman–Crippen LogP) is -0.257. The lowest BCUT2D eigenvalue weighted by atomic mass is 10.0. The van der Waals surface area contributed by atoms with Crippen LogP contribution in [-0.2, 0) is 20.8 Å². The van der Waals surface area contributed by atoms with E-state index in [-0.39, 0.29) is 12.3 Å². The maximum Gasteiger partial charge on any atom is 0.326 e. The van der Waals surface area contributed by atoms with Gasteiger partial charge < -0.3 is 26.5 Å². The van der Waals surface area contributed by atoms with Gasteiger partial charge in [0, 0.05) is 18.3 Å². The van der Waals surface area contributed by atoms with E-state index in [4.69, 9.17) is 5.73 Å². The average molecular weight is 385 g/mol. The van der Waals surface area contributed by atoms with Crippen molar-refractivity contribution in [2.75, 3.05) is 12.0 Å². The summed E-state index contributed by atoms with van der Waals surface area (Å²) in [5.41, 5.74) is 6.47. The van der Waals surface area contributed by atoms with Gasteiger partial charge in [-0.3, -0.25) is 9.59 Å². The number of carboxylic acid groups (broad SMARTS) is 1. The molecule has 26 heavy (non-hydrogen) atoms. The van der Waals surface area contributed by atoms with Crippen LogP contribution < -0.4 is 16.4 Å². The fourth-order valence-corrected chi connectivity index (χ4v) is 2.63. The van der Waals surface area contributed by atoms with E-state index in [0.29, 0.717) is 17.9 Å². The number of imidazole rings is 1. The van der Waals surface area contributed by atoms with E-state index in [2.05, 4.69) is 20.6 Å². The molecule has 1 heterocycles. The second-order valence-electron chi connectivity index (χ2n) is 6.29. The van der Waals surface area contributed by atoms with Crippen LogP contribution >= 0.6 is 11.8 Å². The zero-order valence-corrected chi connectivity index (χ0v) is 16.0. The number of hydrogen-bond acceptors (Lipinski definition) is 6. The van der Waals surface area contributed by atoms with Gasteiger partial charge in [-0.15, -0.1) is 0 Å². The summed E-state index contributed by atoms with van der Waals surface area (Å²) >= 11 is 1.49. The predicted molar refractivity (Wildman–Crippen MR) is 99.6 cm³/mol. The Morgan fingerprint density at radius 2 is 1.92 bits per heavy atom. The summed E-state index contributed by atoms with van der Waals surface area (Å²) in [6.45, 7) is 3.61. The van der Waals surface area contributed by atoms with Gasteiger partial charge in [0.1, 0.15) is 12.1 Å². The van der Waals surface area contributed by atoms with E-state index in [1.54, 1.807) is 13.8 Å². The highest BCUT2D eigenvalue weighted by atomic mass is 32.2. The Labute approximate surface area is 156 Å². The van der Waals surface area contributed by atoms with Crippen molar-refractivity contribution in [3.63, 3.8) is 0 Å². The molecule has 1 rings (SSSR count). The minimum atomic E-state index is -1.11. The summed E-state index contributed by atoms with van der Waals surface area (Å²) in [6.07, 6.45) is 5.30. The van der Waals surface area contributed by atoms with Gasteiger partial charge in [-0.05, 0) is 24.3 Å². The number of hydrogen-bond donors (Lipinski definition) is 5. The van der Waals surface area contributed by atoms with Gasteiger partial charge in [-0.1, -0.05) is 13.8 Å². The van der Waals surface area contributed by atoms with Gasteiger partial charge >= 0.3 is 5.97 Å². The Kier molecular flexibility index (Phi) is 9.14. The van der Waals surface area contributed by atoms with Crippen molar-refractivity contribution in [2.24, 2.45) is 11.7 Å². The lowest BCUT2D eigenvalue weighted by Gasteiger charge is -2.23. The van der Waals surface area contributed by atoms with Crippen LogP contribution in [0.15, 0.2) is 12.5 Å². The number of carboxylic acids is 1. The summed E-state index contributed by atoms with van der Waals surface area (Å²) < 4.78 is 0. The van der Waals surface area contributed by atoms with Crippen molar-refractivity contribution in [3.05, 3.63) is 18.2 Å². The van der Waals surface area contributed by atoms with E-state index < -0.39 is 35.9 Å². The van der Waals surface area contributed by atoms with Crippen LogP contribution in [0, 0.1) is 5.92 Å². The molecule has 0 fully saturated rings. The van der Waals surface area contributed by atoms with Crippen LogP contribution in [0.1, 0.15) is 26.0 Å². The van der Waals surface area contributed by atoms with E-state index in [0.717, 1.165) is 0 Å². The van der Waals surface area contributed by atoms with Gasteiger partial charge in [0.05, 0.1) is 12.4 Å². The highest BCUT2D eigenvalue weighted by Crippen LogP contribution is 2.05. The number of nitrogens with zero attached hydrogens (tertiary/aromatic N) is 1. The molecule has 0 aromatic carbocycles. The number of carbonyl (C=O) groups is 3. The Morgan fingerprint density at radius 3 is 2.42 bits per heavy atom. The Balaban J connectivity index is 2.86. The summed E-state index contributed by atoms with van der Waals surface area (Å²) in [6, 6.07) is -2.74. The number of aromatic amines is 1. The standard InChI is InChI=1S/C16H27N5O4S/c1-9(2)13(17)15(23)21-12(6-10-7-18-8-19-10)14(22)20-11(16(24)25)4-5-26-3/h7-9,11-13H,4-6,17H2,1-3H3,(H,18,19)(H,20,22)(H,21,23)(H,24,25)/t11-,12-,13-/m0/s1. The summed E-state index contributed by atoms with van der Waals surface area (Å²) in [5, 5.41) is 14.4. The second-order valence-corrected chi connectivity index (χ2v) is 7.28. The zero-order chi connectivity index (χ0) is 19.7. The molecule has 6 N–H and O–H groups in total. The van der Waals surface area contributed by atoms with Gasteiger partial charge in [-0.25, -0.2) is 9.78 Å². The first-order valence-electron chi connectivity index (χ1n) is 8.31. The molecule has 0 spiro atoms. The molecular weight excluding hydrogens is 358 g/mol. The number of aliphatic carboxylic acids is 1. The topological polar surface area (TPSA) is 150 Å². The molecule has 9 nitrogen and oxygen atoms in total. The number of nitrogens with one attached hydrogen (secondary N) is 3. The summed E-state index contributed by atoms with van der Waals surface area (Å²) in [7, 11) is 0. The van der Waals surface area contributed by atoms with Gasteiger partial charge in [-0.2, -0.15) is 11.8 Å². The molecule has 0 aliphatic rings. The number of nitrogens with two attached hydrogens (primary N) is 1. The van der Waals surface area contributed by atoms with Crippen LogP contribution in [0.25, 0.3) is 0 Å². The minimum Gasteiger partial charge on any atom is -0.480 e. The molecule has 0 saturated heterocycles. The van der Waals surface area contributed by atoms with Crippen molar-refractivity contribution in [2.45, 2.75) is 44.8 Å². The number of rotatable bonds is 11. The Bertz CT molecular complexity index is 593. The molecule has 0 aliphatic carbocycles. The maximum atomic E-state index is 12.6. The minimum absolute atomic E-state index is 0.0980. The maximum absolute atomic E-state index is 12.6. The number of carbonyl (C=O) groups excluding carboxylic acids is 2. The van der Waals surface area contributed by atoms with E-state index >= 15 is 0 Å². The van der Waals surface area contributed by atoms with Crippen molar-refractivity contribution in [3.8, 4) is 0 Å². The van der Waals surface area contributed by atoms with Gasteiger partial charge in [0.15, 0.2) is 0 Å². The molecule has 0 aliphatic heterocycles. The molecular formula is C16H27N5O4S. The van der Waals surface area contributed by atoms with Crippen molar-refractivity contribution in [1.82, 2.24) is 20.6 Å². The van der Waals surface area contributed by atoms with Crippen LogP contribution in [-0.4, -0.2) is 63.0 Å². The van der Waals surface area contributed by atoms with Crippen LogP contribution in [0.2, 0.25) is 0 Å². The average Bonchev–Trinajstić information content (AvgIpc) is 3.09. The Hall–Kier alpha value is -2.07. The number of thioether (sulfide) groups is 1. The highest BCUT2D eigenvalue weighted by Gasteiger charge is 2.29. The smallest absolute Gasteiger partial charge is 0.326 e. The first kappa shape index (κ1) is 22.0. The fraction of sp³-hybridized carbons (Fsp3) is 0.625. The molecule has 146 valence electrons. The van der Waals surface area contributed by atoms with Gasteiger partial charge in [0.25, 0.3) is 0 Å². The van der Waals surface area contributed by atoms with Crippen LogP contribution in [0.3, 0.4) is 0 Å². The molecule has 0 bridgehead atoms. The lowest BCUT2D eigenvalue weighted by molar-refractivity contribution is -0.142. The summed E-state index contributed by atoms with van der Waals surface area (Å²) in [5.74, 6) is -1.65. The number of aromatic nitrogens is 2. The van der Waals surface area contributed by atoms with Crippen molar-refractivity contribution >= 4 is 29.5 Å². The normalized spacial score (nSPS) is 14.5. The quantitative estimate of drug-likeness (QED) is 0.352. The SMILES string of the molecule is CSCC[C@H](NC(=O)[C@H](Cc1cnc[nH]1)NC(=O)[C@@H](N)C(C)C)C(=O)O. The van der Waals surface area contributed by atoms with Crippen LogP contribution in [0.4, 0.5) is 0 Å². The third kappa shape index (κ3) is 7.04. The second kappa shape index (κ2) is 10.8. The molecule has 0 unspecified atom stereocenters. The first-order valence-corrected chi connectivity index (χ1v) is 9.71. The number of H-pyrrole nitrogens is 1.